The Hall–Kier alpha value is -1.40. The van der Waals surface area contributed by atoms with Crippen molar-refractivity contribution < 1.29 is 4.39 Å². The summed E-state index contributed by atoms with van der Waals surface area (Å²) in [5.41, 5.74) is 0.574. The molecule has 19 heavy (non-hydrogen) atoms. The minimum Gasteiger partial charge on any atom is -0.369 e. The van der Waals surface area contributed by atoms with E-state index in [9.17, 15) is 4.39 Å². The molecule has 2 aromatic rings. The molecule has 2 N–H and O–H groups in total. The molecule has 0 aliphatic heterocycles. The van der Waals surface area contributed by atoms with Gasteiger partial charge in [-0.15, -0.1) is 0 Å². The molecule has 0 fully saturated rings. The number of hydrogen-bond acceptors (Lipinski definition) is 4. The number of benzene rings is 1. The van der Waals surface area contributed by atoms with Gasteiger partial charge in [0.25, 0.3) is 0 Å². The van der Waals surface area contributed by atoms with E-state index >= 15 is 0 Å². The van der Waals surface area contributed by atoms with Gasteiger partial charge in [-0.25, -0.2) is 14.4 Å². The quantitative estimate of drug-likeness (QED) is 0.871. The molecule has 0 unspecified atom stereocenters. The van der Waals surface area contributed by atoms with E-state index in [1.807, 2.05) is 6.92 Å². The van der Waals surface area contributed by atoms with E-state index < -0.39 is 0 Å². The van der Waals surface area contributed by atoms with Crippen molar-refractivity contribution in [2.45, 2.75) is 6.92 Å². The molecule has 1 heterocycles. The standard InChI is InChI=1S/C12H11BrClFN4/c1-2-16-11-10(13)12(18-6-17-11)19-9-4-3-7(15)5-8(9)14/h3-6H,2H2,1H3,(H2,16,17,18,19). The summed E-state index contributed by atoms with van der Waals surface area (Å²) >= 11 is 9.37. The van der Waals surface area contributed by atoms with Crippen LogP contribution in [0.15, 0.2) is 29.0 Å². The molecule has 1 aromatic heterocycles. The van der Waals surface area contributed by atoms with Gasteiger partial charge in [-0.3, -0.25) is 0 Å². The van der Waals surface area contributed by atoms with Gasteiger partial charge in [0.15, 0.2) is 0 Å². The molecule has 0 bridgehead atoms. The Morgan fingerprint density at radius 2 is 2.05 bits per heavy atom. The average Bonchev–Trinajstić information content (AvgIpc) is 2.37. The molecule has 0 aliphatic carbocycles. The van der Waals surface area contributed by atoms with Crippen LogP contribution in [0.3, 0.4) is 0 Å². The van der Waals surface area contributed by atoms with Crippen molar-refractivity contribution in [1.29, 1.82) is 0 Å². The van der Waals surface area contributed by atoms with Crippen LogP contribution >= 0.6 is 27.5 Å². The minimum absolute atomic E-state index is 0.288. The second kappa shape index (κ2) is 6.16. The molecular formula is C12H11BrClFN4. The largest absolute Gasteiger partial charge is 0.369 e. The molecule has 4 nitrogen and oxygen atoms in total. The minimum atomic E-state index is -0.384. The monoisotopic (exact) mass is 344 g/mol. The maximum atomic E-state index is 13.0. The summed E-state index contributed by atoms with van der Waals surface area (Å²) < 4.78 is 13.7. The van der Waals surface area contributed by atoms with Gasteiger partial charge in [0, 0.05) is 6.54 Å². The fourth-order valence-electron chi connectivity index (χ4n) is 1.47. The van der Waals surface area contributed by atoms with Gasteiger partial charge in [-0.2, -0.15) is 0 Å². The number of halogens is 3. The topological polar surface area (TPSA) is 49.8 Å². The predicted molar refractivity (Wildman–Crippen MR) is 78.6 cm³/mol. The number of nitrogens with zero attached hydrogens (tertiary/aromatic N) is 2. The van der Waals surface area contributed by atoms with Crippen LogP contribution in [0.1, 0.15) is 6.92 Å². The zero-order valence-corrected chi connectivity index (χ0v) is 12.4. The average molecular weight is 346 g/mol. The van der Waals surface area contributed by atoms with Crippen LogP contribution in [-0.2, 0) is 0 Å². The zero-order valence-electron chi connectivity index (χ0n) is 10.0. The summed E-state index contributed by atoms with van der Waals surface area (Å²) in [6.45, 7) is 2.71. The molecule has 0 aliphatic rings. The van der Waals surface area contributed by atoms with Crippen LogP contribution in [-0.4, -0.2) is 16.5 Å². The Bertz CT molecular complexity index is 594. The van der Waals surface area contributed by atoms with E-state index in [1.54, 1.807) is 6.07 Å². The molecule has 7 heteroatoms. The van der Waals surface area contributed by atoms with E-state index in [0.29, 0.717) is 21.8 Å². The van der Waals surface area contributed by atoms with Crippen LogP contribution < -0.4 is 10.6 Å². The molecule has 0 amide bonds. The lowest BCUT2D eigenvalue weighted by molar-refractivity contribution is 0.628. The SMILES string of the molecule is CCNc1ncnc(Nc2ccc(F)cc2Cl)c1Br. The Labute approximate surface area is 123 Å². The number of anilines is 3. The van der Waals surface area contributed by atoms with Crippen molar-refractivity contribution >= 4 is 44.9 Å². The smallest absolute Gasteiger partial charge is 0.150 e. The third kappa shape index (κ3) is 3.33. The number of aromatic nitrogens is 2. The van der Waals surface area contributed by atoms with Gasteiger partial charge in [0.1, 0.15) is 28.3 Å². The summed E-state index contributed by atoms with van der Waals surface area (Å²) in [6.07, 6.45) is 1.43. The van der Waals surface area contributed by atoms with Crippen LogP contribution in [0.5, 0.6) is 0 Å². The number of nitrogens with one attached hydrogen (secondary N) is 2. The van der Waals surface area contributed by atoms with Gasteiger partial charge >= 0.3 is 0 Å². The highest BCUT2D eigenvalue weighted by Crippen LogP contribution is 2.31. The van der Waals surface area contributed by atoms with Gasteiger partial charge in [-0.1, -0.05) is 11.6 Å². The lowest BCUT2D eigenvalue weighted by Gasteiger charge is -2.11. The van der Waals surface area contributed by atoms with Crippen LogP contribution in [0.4, 0.5) is 21.7 Å². The second-order valence-electron chi connectivity index (χ2n) is 3.66. The Morgan fingerprint density at radius 3 is 2.74 bits per heavy atom. The summed E-state index contributed by atoms with van der Waals surface area (Å²) in [5, 5.41) is 6.41. The summed E-state index contributed by atoms with van der Waals surface area (Å²) in [7, 11) is 0. The summed E-state index contributed by atoms with van der Waals surface area (Å²) in [5.74, 6) is 0.850. The first-order valence-corrected chi connectivity index (χ1v) is 6.75. The van der Waals surface area contributed by atoms with Gasteiger partial charge < -0.3 is 10.6 Å². The molecule has 1 aromatic carbocycles. The molecule has 2 rings (SSSR count). The van der Waals surface area contributed by atoms with Crippen LogP contribution in [0.2, 0.25) is 5.02 Å². The van der Waals surface area contributed by atoms with Gasteiger partial charge in [0.2, 0.25) is 0 Å². The normalized spacial score (nSPS) is 10.3. The molecule has 0 radical (unpaired) electrons. The summed E-state index contributed by atoms with van der Waals surface area (Å²) in [4.78, 5) is 8.22. The van der Waals surface area contributed by atoms with E-state index in [4.69, 9.17) is 11.6 Å². The van der Waals surface area contributed by atoms with E-state index in [-0.39, 0.29) is 10.8 Å². The van der Waals surface area contributed by atoms with Crippen molar-refractivity contribution in [3.8, 4) is 0 Å². The summed E-state index contributed by atoms with van der Waals surface area (Å²) in [6, 6.07) is 4.12. The number of hydrogen-bond donors (Lipinski definition) is 2. The lowest BCUT2D eigenvalue weighted by atomic mass is 10.3. The van der Waals surface area contributed by atoms with Crippen molar-refractivity contribution in [3.63, 3.8) is 0 Å². The molecule has 0 atom stereocenters. The lowest BCUT2D eigenvalue weighted by Crippen LogP contribution is -2.04. The first-order chi connectivity index (χ1) is 9.11. The van der Waals surface area contributed by atoms with Crippen molar-refractivity contribution in [1.82, 2.24) is 9.97 Å². The molecule has 0 saturated carbocycles. The Balaban J connectivity index is 2.30. The van der Waals surface area contributed by atoms with E-state index in [1.165, 1.54) is 18.5 Å². The predicted octanol–water partition coefficient (Wildman–Crippen LogP) is 4.21. The fraction of sp³-hybridized carbons (Fsp3) is 0.167. The van der Waals surface area contributed by atoms with E-state index in [0.717, 1.165) is 6.54 Å². The zero-order chi connectivity index (χ0) is 13.8. The maximum Gasteiger partial charge on any atom is 0.150 e. The fourth-order valence-corrected chi connectivity index (χ4v) is 2.12. The highest BCUT2D eigenvalue weighted by molar-refractivity contribution is 9.10. The van der Waals surface area contributed by atoms with E-state index in [2.05, 4.69) is 36.5 Å². The maximum absolute atomic E-state index is 13.0. The Morgan fingerprint density at radius 1 is 1.32 bits per heavy atom. The van der Waals surface area contributed by atoms with Crippen molar-refractivity contribution in [2.75, 3.05) is 17.2 Å². The first-order valence-electron chi connectivity index (χ1n) is 5.58. The molecule has 0 saturated heterocycles. The van der Waals surface area contributed by atoms with Crippen molar-refractivity contribution in [3.05, 3.63) is 39.8 Å². The first kappa shape index (κ1) is 14.0. The highest BCUT2D eigenvalue weighted by Gasteiger charge is 2.10. The highest BCUT2D eigenvalue weighted by atomic mass is 79.9. The van der Waals surface area contributed by atoms with Gasteiger partial charge in [0.05, 0.1) is 10.7 Å². The third-order valence-corrected chi connectivity index (χ3v) is 3.38. The van der Waals surface area contributed by atoms with Crippen molar-refractivity contribution in [2.24, 2.45) is 0 Å². The molecular weight excluding hydrogens is 335 g/mol. The van der Waals surface area contributed by atoms with Gasteiger partial charge in [-0.05, 0) is 41.1 Å². The van der Waals surface area contributed by atoms with Crippen LogP contribution in [0, 0.1) is 5.82 Å². The second-order valence-corrected chi connectivity index (χ2v) is 4.86. The molecule has 100 valence electrons. The molecule has 0 spiro atoms. The Kier molecular flexibility index (Phi) is 4.55. The number of rotatable bonds is 4. The van der Waals surface area contributed by atoms with Crippen LogP contribution in [0.25, 0.3) is 0 Å². The third-order valence-electron chi connectivity index (χ3n) is 2.32.